The van der Waals surface area contributed by atoms with E-state index in [-0.39, 0.29) is 0 Å². The highest BCUT2D eigenvalue weighted by Gasteiger charge is 2.17. The molecule has 0 saturated carbocycles. The minimum atomic E-state index is 0.768. The highest BCUT2D eigenvalue weighted by molar-refractivity contribution is 7.71. The highest BCUT2D eigenvalue weighted by atomic mass is 32.1. The molecule has 0 radical (unpaired) electrons. The Kier molecular flexibility index (Phi) is 4.94. The van der Waals surface area contributed by atoms with Crippen molar-refractivity contribution in [1.29, 1.82) is 0 Å². The molecule has 1 aliphatic heterocycles. The van der Waals surface area contributed by atoms with Gasteiger partial charge in [0.15, 0.2) is 0 Å². The van der Waals surface area contributed by atoms with E-state index in [4.69, 9.17) is 12.2 Å². The molecule has 1 aromatic heterocycles. The van der Waals surface area contributed by atoms with Crippen molar-refractivity contribution in [3.05, 3.63) is 40.4 Å². The molecule has 0 atom stereocenters. The second-order valence-corrected chi connectivity index (χ2v) is 6.56. The van der Waals surface area contributed by atoms with Gasteiger partial charge in [0.1, 0.15) is 5.82 Å². The van der Waals surface area contributed by atoms with E-state index in [1.54, 1.807) is 0 Å². The second kappa shape index (κ2) is 6.95. The van der Waals surface area contributed by atoms with Gasteiger partial charge in [-0.2, -0.15) is 5.10 Å². The third-order valence-electron chi connectivity index (χ3n) is 4.54. The van der Waals surface area contributed by atoms with Crippen LogP contribution in [0, 0.1) is 18.6 Å². The first-order valence-corrected chi connectivity index (χ1v) is 8.67. The van der Waals surface area contributed by atoms with Gasteiger partial charge in [0, 0.05) is 31.9 Å². The Hall–Kier alpha value is -1.50. The summed E-state index contributed by atoms with van der Waals surface area (Å²) in [6.07, 6.45) is 0. The summed E-state index contributed by atoms with van der Waals surface area (Å²) in [5, 5.41) is 4.66. The number of rotatable bonds is 4. The molecule has 2 heterocycles. The molecule has 0 amide bonds. The van der Waals surface area contributed by atoms with Crippen molar-refractivity contribution in [2.75, 3.05) is 32.7 Å². The molecular weight excluding hydrogens is 306 g/mol. The largest absolute Gasteiger partial charge is 0.301 e. The molecule has 5 nitrogen and oxygen atoms in total. The lowest BCUT2D eigenvalue weighted by atomic mass is 10.2. The molecular formula is C17H25N5S. The van der Waals surface area contributed by atoms with Gasteiger partial charge >= 0.3 is 0 Å². The number of nitrogens with zero attached hydrogens (tertiary/aromatic N) is 5. The standard InChI is InChI=1S/C17H25N5S/c1-4-19-9-11-20(12-10-19)13-21-17(23)22(15(3)18-21)16-7-5-14(2)6-8-16/h5-8H,4,9-13H2,1-3H3. The summed E-state index contributed by atoms with van der Waals surface area (Å²) in [7, 11) is 0. The van der Waals surface area contributed by atoms with Crippen molar-refractivity contribution < 1.29 is 0 Å². The molecule has 2 aromatic rings. The number of hydrogen-bond donors (Lipinski definition) is 0. The third-order valence-corrected chi connectivity index (χ3v) is 4.93. The zero-order valence-electron chi connectivity index (χ0n) is 14.2. The summed E-state index contributed by atoms with van der Waals surface area (Å²) < 4.78 is 4.77. The SMILES string of the molecule is CCN1CCN(Cn2nc(C)n(-c3ccc(C)cc3)c2=S)CC1. The second-order valence-electron chi connectivity index (χ2n) is 6.19. The van der Waals surface area contributed by atoms with Gasteiger partial charge in [-0.3, -0.25) is 9.47 Å². The summed E-state index contributed by atoms with van der Waals surface area (Å²) in [5.74, 6) is 0.936. The quantitative estimate of drug-likeness (QED) is 0.806. The number of aryl methyl sites for hydroxylation is 2. The normalized spacial score (nSPS) is 16.8. The molecule has 3 rings (SSSR count). The number of aromatic nitrogens is 3. The van der Waals surface area contributed by atoms with E-state index in [1.807, 2.05) is 11.6 Å². The van der Waals surface area contributed by atoms with E-state index in [1.165, 1.54) is 5.56 Å². The third kappa shape index (κ3) is 3.54. The van der Waals surface area contributed by atoms with Gasteiger partial charge < -0.3 is 4.90 Å². The van der Waals surface area contributed by atoms with Gasteiger partial charge in [-0.15, -0.1) is 0 Å². The average Bonchev–Trinajstić information content (AvgIpc) is 2.83. The summed E-state index contributed by atoms with van der Waals surface area (Å²) in [6.45, 7) is 12.6. The molecule has 23 heavy (non-hydrogen) atoms. The van der Waals surface area contributed by atoms with Crippen molar-refractivity contribution in [2.24, 2.45) is 0 Å². The van der Waals surface area contributed by atoms with E-state index >= 15 is 0 Å². The molecule has 6 heteroatoms. The first kappa shape index (κ1) is 16.4. The first-order chi connectivity index (χ1) is 11.1. The van der Waals surface area contributed by atoms with Crippen molar-refractivity contribution in [2.45, 2.75) is 27.4 Å². The van der Waals surface area contributed by atoms with Gasteiger partial charge in [0.25, 0.3) is 0 Å². The van der Waals surface area contributed by atoms with Gasteiger partial charge in [0.05, 0.1) is 6.67 Å². The van der Waals surface area contributed by atoms with Gasteiger partial charge in [0.2, 0.25) is 4.77 Å². The van der Waals surface area contributed by atoms with Crippen LogP contribution in [-0.2, 0) is 6.67 Å². The lowest BCUT2D eigenvalue weighted by molar-refractivity contribution is 0.106. The van der Waals surface area contributed by atoms with Crippen LogP contribution in [0.5, 0.6) is 0 Å². The van der Waals surface area contributed by atoms with E-state index in [2.05, 4.69) is 57.6 Å². The minimum Gasteiger partial charge on any atom is -0.301 e. The Bertz CT molecular complexity index is 708. The molecule has 124 valence electrons. The van der Waals surface area contributed by atoms with Gasteiger partial charge in [-0.25, -0.2) is 4.68 Å². The average molecular weight is 331 g/mol. The summed E-state index contributed by atoms with van der Waals surface area (Å²) in [4.78, 5) is 4.90. The van der Waals surface area contributed by atoms with E-state index in [9.17, 15) is 0 Å². The fourth-order valence-corrected chi connectivity index (χ4v) is 3.37. The van der Waals surface area contributed by atoms with Crippen LogP contribution in [0.3, 0.4) is 0 Å². The van der Waals surface area contributed by atoms with Crippen LogP contribution in [-0.4, -0.2) is 56.9 Å². The van der Waals surface area contributed by atoms with E-state index in [0.29, 0.717) is 0 Å². The number of hydrogen-bond acceptors (Lipinski definition) is 4. The molecule has 0 bridgehead atoms. The van der Waals surface area contributed by atoms with Gasteiger partial charge in [-0.1, -0.05) is 24.6 Å². The van der Waals surface area contributed by atoms with Crippen LogP contribution < -0.4 is 0 Å². The first-order valence-electron chi connectivity index (χ1n) is 8.26. The molecule has 0 N–H and O–H groups in total. The predicted octanol–water partition coefficient (Wildman–Crippen LogP) is 2.62. The molecule has 1 fully saturated rings. The maximum atomic E-state index is 5.67. The Morgan fingerprint density at radius 2 is 1.61 bits per heavy atom. The monoisotopic (exact) mass is 331 g/mol. The number of piperazine rings is 1. The van der Waals surface area contributed by atoms with Crippen LogP contribution in [0.2, 0.25) is 0 Å². The van der Waals surface area contributed by atoms with Crippen LogP contribution in [0.4, 0.5) is 0 Å². The zero-order chi connectivity index (χ0) is 16.4. The van der Waals surface area contributed by atoms with Crippen LogP contribution in [0.1, 0.15) is 18.3 Å². The van der Waals surface area contributed by atoms with Crippen molar-refractivity contribution >= 4 is 12.2 Å². The molecule has 1 saturated heterocycles. The Morgan fingerprint density at radius 1 is 1.00 bits per heavy atom. The molecule has 0 spiro atoms. The van der Waals surface area contributed by atoms with Crippen molar-refractivity contribution in [3.63, 3.8) is 0 Å². The van der Waals surface area contributed by atoms with Crippen molar-refractivity contribution in [3.8, 4) is 5.69 Å². The minimum absolute atomic E-state index is 0.768. The lowest BCUT2D eigenvalue weighted by Crippen LogP contribution is -2.46. The smallest absolute Gasteiger partial charge is 0.203 e. The summed E-state index contributed by atoms with van der Waals surface area (Å²) >= 11 is 5.67. The maximum Gasteiger partial charge on any atom is 0.203 e. The van der Waals surface area contributed by atoms with Crippen LogP contribution in [0.25, 0.3) is 5.69 Å². The van der Waals surface area contributed by atoms with E-state index < -0.39 is 0 Å². The number of likely N-dealkylation sites (N-methyl/N-ethyl adjacent to an activating group) is 1. The number of benzene rings is 1. The lowest BCUT2D eigenvalue weighted by Gasteiger charge is -2.33. The summed E-state index contributed by atoms with van der Waals surface area (Å²) in [6, 6.07) is 8.42. The van der Waals surface area contributed by atoms with Crippen LogP contribution in [0.15, 0.2) is 24.3 Å². The highest BCUT2D eigenvalue weighted by Crippen LogP contribution is 2.14. The zero-order valence-corrected chi connectivity index (χ0v) is 15.0. The molecule has 1 aromatic carbocycles. The Morgan fingerprint density at radius 3 is 2.22 bits per heavy atom. The molecule has 0 unspecified atom stereocenters. The Balaban J connectivity index is 1.79. The van der Waals surface area contributed by atoms with Gasteiger partial charge in [-0.05, 0) is 44.7 Å². The summed E-state index contributed by atoms with van der Waals surface area (Å²) in [5.41, 5.74) is 2.33. The molecule has 1 aliphatic rings. The fraction of sp³-hybridized carbons (Fsp3) is 0.529. The van der Waals surface area contributed by atoms with E-state index in [0.717, 1.165) is 55.7 Å². The fourth-order valence-electron chi connectivity index (χ4n) is 3.04. The topological polar surface area (TPSA) is 29.2 Å². The van der Waals surface area contributed by atoms with Crippen LogP contribution >= 0.6 is 12.2 Å². The maximum absolute atomic E-state index is 5.67. The molecule has 0 aliphatic carbocycles. The van der Waals surface area contributed by atoms with Crippen molar-refractivity contribution in [1.82, 2.24) is 24.1 Å². The predicted molar refractivity (Wildman–Crippen MR) is 95.5 cm³/mol. The Labute approximate surface area is 143 Å².